The third-order valence-electron chi connectivity index (χ3n) is 9.56. The third-order valence-corrected chi connectivity index (χ3v) is 9.56. The molecule has 0 saturated carbocycles. The highest BCUT2D eigenvalue weighted by Gasteiger charge is 2.24. The topological polar surface area (TPSA) is 101 Å². The van der Waals surface area contributed by atoms with E-state index >= 15 is 0 Å². The van der Waals surface area contributed by atoms with Gasteiger partial charge in [-0.05, 0) is 97.3 Å². The van der Waals surface area contributed by atoms with Crippen molar-refractivity contribution in [2.75, 3.05) is 10.6 Å². The summed E-state index contributed by atoms with van der Waals surface area (Å²) >= 11 is 0. The maximum Gasteiger partial charge on any atom is 0.163 e. The molecule has 8 nitrogen and oxygen atoms in total. The first kappa shape index (κ1) is 29.1. The number of nitrogens with zero attached hydrogens (tertiary/aromatic N) is 6. The van der Waals surface area contributed by atoms with Gasteiger partial charge in [0, 0.05) is 58.8 Å². The van der Waals surface area contributed by atoms with Crippen LogP contribution >= 0.6 is 0 Å². The second kappa shape index (κ2) is 12.5. The molecule has 0 bridgehead atoms. The van der Waals surface area contributed by atoms with Crippen LogP contribution in [0.1, 0.15) is 29.5 Å². The van der Waals surface area contributed by atoms with E-state index in [9.17, 15) is 0 Å². The van der Waals surface area contributed by atoms with E-state index in [2.05, 4.69) is 57.0 Å². The maximum absolute atomic E-state index is 4.97. The zero-order valence-corrected chi connectivity index (χ0v) is 26.9. The molecule has 4 heterocycles. The fourth-order valence-corrected chi connectivity index (χ4v) is 7.20. The van der Waals surface area contributed by atoms with Crippen LogP contribution < -0.4 is 10.6 Å². The van der Waals surface area contributed by atoms with Crippen molar-refractivity contribution >= 4 is 33.4 Å². The number of para-hydroxylation sites is 2. The molecule has 2 unspecified atom stereocenters. The molecule has 0 amide bonds. The Morgan fingerprint density at radius 1 is 0.571 bits per heavy atom. The van der Waals surface area contributed by atoms with Crippen molar-refractivity contribution in [2.45, 2.75) is 44.2 Å². The predicted octanol–water partition coefficient (Wildman–Crippen LogP) is 8.02. The van der Waals surface area contributed by atoms with E-state index in [1.807, 2.05) is 73.1 Å². The molecule has 0 aliphatic heterocycles. The van der Waals surface area contributed by atoms with Gasteiger partial charge in [0.1, 0.15) is 11.6 Å². The van der Waals surface area contributed by atoms with E-state index in [0.29, 0.717) is 11.6 Å². The number of fused-ring (bicyclic) bond motifs is 3. The summed E-state index contributed by atoms with van der Waals surface area (Å²) in [7, 11) is 0. The lowest BCUT2D eigenvalue weighted by Gasteiger charge is -2.17. The molecule has 0 spiro atoms. The highest BCUT2D eigenvalue weighted by molar-refractivity contribution is 5.91. The van der Waals surface area contributed by atoms with E-state index < -0.39 is 0 Å². The summed E-state index contributed by atoms with van der Waals surface area (Å²) < 4.78 is 0. The van der Waals surface area contributed by atoms with Gasteiger partial charge in [-0.3, -0.25) is 9.97 Å². The lowest BCUT2D eigenvalue weighted by Crippen LogP contribution is -2.20. The zero-order valence-electron chi connectivity index (χ0n) is 26.9. The molecule has 7 aromatic rings. The Hall–Kier alpha value is -6.02. The first-order valence-electron chi connectivity index (χ1n) is 16.9. The summed E-state index contributed by atoms with van der Waals surface area (Å²) in [5, 5.41) is 9.62. The van der Waals surface area contributed by atoms with Crippen LogP contribution in [0.5, 0.6) is 0 Å². The first-order chi connectivity index (χ1) is 24.2. The van der Waals surface area contributed by atoms with E-state index in [1.54, 1.807) is 12.4 Å². The molecule has 0 saturated heterocycles. The minimum atomic E-state index is 0.267. The molecule has 0 radical (unpaired) electrons. The quantitative estimate of drug-likeness (QED) is 0.161. The van der Waals surface area contributed by atoms with Gasteiger partial charge in [-0.25, -0.2) is 19.9 Å². The fraction of sp³-hybridized carbons (Fsp3) is 0.171. The summed E-state index contributed by atoms with van der Waals surface area (Å²) in [6.07, 6.45) is 14.4. The Morgan fingerprint density at radius 2 is 1.18 bits per heavy atom. The summed E-state index contributed by atoms with van der Waals surface area (Å²) in [4.78, 5) is 28.1. The Kier molecular flexibility index (Phi) is 7.46. The number of aromatic nitrogens is 6. The van der Waals surface area contributed by atoms with Crippen LogP contribution in [0.2, 0.25) is 0 Å². The van der Waals surface area contributed by atoms with Crippen molar-refractivity contribution < 1.29 is 0 Å². The highest BCUT2D eigenvalue weighted by Crippen LogP contribution is 2.32. The van der Waals surface area contributed by atoms with Crippen molar-refractivity contribution in [3.05, 3.63) is 144 Å². The van der Waals surface area contributed by atoms with Crippen LogP contribution in [-0.4, -0.2) is 42.0 Å². The number of anilines is 2. The lowest BCUT2D eigenvalue weighted by molar-refractivity contribution is 0.760. The average molecular weight is 639 g/mol. The van der Waals surface area contributed by atoms with Gasteiger partial charge in [0.25, 0.3) is 0 Å². The van der Waals surface area contributed by atoms with Crippen LogP contribution in [0.4, 0.5) is 11.6 Å². The van der Waals surface area contributed by atoms with Gasteiger partial charge in [-0.1, -0.05) is 54.1 Å². The third kappa shape index (κ3) is 5.97. The van der Waals surface area contributed by atoms with Crippen LogP contribution in [-0.2, 0) is 19.3 Å². The van der Waals surface area contributed by atoms with Crippen molar-refractivity contribution in [1.82, 2.24) is 29.9 Å². The van der Waals surface area contributed by atoms with E-state index in [4.69, 9.17) is 19.9 Å². The van der Waals surface area contributed by atoms with Crippen LogP contribution in [0, 0.1) is 0 Å². The SMILES string of the molecule is C1=C(Cc2ccc3c(c2)CC(Nc2nc(-c4cccnc4)nc4ccccc24)C3)CC(Nc2nc(-c3cccnc3)nc3ccccc23)C1. The van der Waals surface area contributed by atoms with E-state index in [-0.39, 0.29) is 12.1 Å². The molecule has 2 N–H and O–H groups in total. The fourth-order valence-electron chi connectivity index (χ4n) is 7.20. The number of nitrogens with one attached hydrogen (secondary N) is 2. The van der Waals surface area contributed by atoms with Gasteiger partial charge < -0.3 is 10.6 Å². The van der Waals surface area contributed by atoms with Crippen molar-refractivity contribution in [2.24, 2.45) is 0 Å². The molecule has 0 fully saturated rings. The molecule has 9 rings (SSSR count). The standard InChI is InChI=1S/C41H34N8/c1-3-11-36-34(9-1)40(48-38(46-36)29-7-5-17-42-24-29)44-32-16-14-27(21-32)19-26-13-15-28-22-33(23-31(28)20-26)45-41-35-10-2-4-12-37(35)47-39(49-41)30-8-6-18-43-25-30/h1-15,17-18,20,24-25,32-33H,16,19,21-23H2,(H,44,46,48)(H,45,47,49). The largest absolute Gasteiger partial charge is 0.366 e. The van der Waals surface area contributed by atoms with Gasteiger partial charge in [-0.2, -0.15) is 0 Å². The Morgan fingerprint density at radius 3 is 1.82 bits per heavy atom. The lowest BCUT2D eigenvalue weighted by atomic mass is 10.00. The second-order valence-corrected chi connectivity index (χ2v) is 13.0. The molecule has 2 aliphatic carbocycles. The number of benzene rings is 3. The maximum atomic E-state index is 4.97. The molecule has 49 heavy (non-hydrogen) atoms. The number of pyridine rings is 2. The van der Waals surface area contributed by atoms with Gasteiger partial charge in [0.15, 0.2) is 11.6 Å². The number of hydrogen-bond donors (Lipinski definition) is 2. The van der Waals surface area contributed by atoms with Crippen molar-refractivity contribution in [3.63, 3.8) is 0 Å². The van der Waals surface area contributed by atoms with Crippen molar-refractivity contribution in [1.29, 1.82) is 0 Å². The Balaban J connectivity index is 0.882. The van der Waals surface area contributed by atoms with Gasteiger partial charge in [0.2, 0.25) is 0 Å². The first-order valence-corrected chi connectivity index (χ1v) is 16.9. The van der Waals surface area contributed by atoms with Crippen molar-refractivity contribution in [3.8, 4) is 22.8 Å². The van der Waals surface area contributed by atoms with E-state index in [0.717, 1.165) is 76.7 Å². The van der Waals surface area contributed by atoms with Gasteiger partial charge in [-0.15, -0.1) is 0 Å². The summed E-state index contributed by atoms with van der Waals surface area (Å²) in [6, 6.07) is 31.9. The smallest absolute Gasteiger partial charge is 0.163 e. The van der Waals surface area contributed by atoms with Gasteiger partial charge in [0.05, 0.1) is 11.0 Å². The molecule has 8 heteroatoms. The molecule has 4 aromatic heterocycles. The average Bonchev–Trinajstić information content (AvgIpc) is 3.77. The monoisotopic (exact) mass is 638 g/mol. The van der Waals surface area contributed by atoms with Crippen LogP contribution in [0.15, 0.2) is 127 Å². The molecule has 2 atom stereocenters. The summed E-state index contributed by atoms with van der Waals surface area (Å²) in [5.41, 5.74) is 9.34. The molecule has 2 aliphatic rings. The zero-order chi connectivity index (χ0) is 32.6. The predicted molar refractivity (Wildman–Crippen MR) is 195 cm³/mol. The minimum absolute atomic E-state index is 0.267. The molecule has 238 valence electrons. The Bertz CT molecular complexity index is 2340. The van der Waals surface area contributed by atoms with Gasteiger partial charge >= 0.3 is 0 Å². The summed E-state index contributed by atoms with van der Waals surface area (Å²) in [5.74, 6) is 3.13. The second-order valence-electron chi connectivity index (χ2n) is 13.0. The van der Waals surface area contributed by atoms with Crippen LogP contribution in [0.3, 0.4) is 0 Å². The summed E-state index contributed by atoms with van der Waals surface area (Å²) in [6.45, 7) is 0. The minimum Gasteiger partial charge on any atom is -0.366 e. The number of rotatable bonds is 8. The Labute approximate surface area is 284 Å². The normalized spacial score (nSPS) is 16.9. The molecule has 3 aromatic carbocycles. The number of hydrogen-bond acceptors (Lipinski definition) is 8. The molecular weight excluding hydrogens is 605 g/mol. The van der Waals surface area contributed by atoms with Crippen LogP contribution in [0.25, 0.3) is 44.6 Å². The highest BCUT2D eigenvalue weighted by atomic mass is 15.1. The molecular formula is C41H34N8. The van der Waals surface area contributed by atoms with E-state index in [1.165, 1.54) is 22.3 Å².